The van der Waals surface area contributed by atoms with Gasteiger partial charge < -0.3 is 18.8 Å². The van der Waals surface area contributed by atoms with Gasteiger partial charge in [-0.25, -0.2) is 0 Å². The molecule has 0 fully saturated rings. The predicted octanol–water partition coefficient (Wildman–Crippen LogP) is 8.06. The van der Waals surface area contributed by atoms with Crippen molar-refractivity contribution in [2.24, 2.45) is 0 Å². The number of benzene rings is 1. The van der Waals surface area contributed by atoms with Gasteiger partial charge in [0.05, 0.1) is 18.7 Å². The van der Waals surface area contributed by atoms with Crippen LogP contribution < -0.4 is 19.8 Å². The lowest BCUT2D eigenvalue weighted by Crippen LogP contribution is -2.24. The van der Waals surface area contributed by atoms with E-state index in [4.69, 9.17) is 14.2 Å². The highest BCUT2D eigenvalue weighted by atomic mass is 16.5. The molecule has 0 N–H and O–H groups in total. The number of fused-ring (bicyclic) bond motifs is 1. The van der Waals surface area contributed by atoms with E-state index in [-0.39, 0.29) is 5.56 Å². The first-order valence-corrected chi connectivity index (χ1v) is 13.8. The predicted molar refractivity (Wildman–Crippen MR) is 147 cm³/mol. The molecule has 0 bridgehead atoms. The van der Waals surface area contributed by atoms with Gasteiger partial charge in [-0.3, -0.25) is 4.79 Å². The molecule has 2 aromatic rings. The van der Waals surface area contributed by atoms with Crippen molar-refractivity contribution in [2.75, 3.05) is 19.8 Å². The Kier molecular flexibility index (Phi) is 13.4. The van der Waals surface area contributed by atoms with Gasteiger partial charge in [0.1, 0.15) is 12.4 Å². The standard InChI is InChI=1S/C30H47NO4/c1-6-9-12-13-14-15-19-31-27-23-25(33-20-10-7-2)16-17-26(27)28(34-21-11-8-3)29(30(31)32)35-22-18-24(4)5/h16-18,23H,6-15,19-22H2,1-5H3. The first-order chi connectivity index (χ1) is 17.0. The minimum atomic E-state index is -0.120. The molecule has 0 radical (unpaired) electrons. The molecule has 5 heteroatoms. The monoisotopic (exact) mass is 485 g/mol. The van der Waals surface area contributed by atoms with Crippen LogP contribution in [0.25, 0.3) is 10.9 Å². The number of nitrogens with zero attached hydrogens (tertiary/aromatic N) is 1. The fraction of sp³-hybridized carbons (Fsp3) is 0.633. The van der Waals surface area contributed by atoms with Crippen LogP contribution in [0.2, 0.25) is 0 Å². The molecule has 0 spiro atoms. The van der Waals surface area contributed by atoms with Crippen LogP contribution in [-0.4, -0.2) is 24.4 Å². The van der Waals surface area contributed by atoms with Crippen LogP contribution in [0.5, 0.6) is 17.2 Å². The Balaban J connectivity index is 2.49. The number of hydrogen-bond acceptors (Lipinski definition) is 4. The number of hydrogen-bond donors (Lipinski definition) is 0. The largest absolute Gasteiger partial charge is 0.494 e. The molecule has 196 valence electrons. The van der Waals surface area contributed by atoms with Gasteiger partial charge in [-0.05, 0) is 51.3 Å². The Morgan fingerprint density at radius 2 is 1.46 bits per heavy atom. The summed E-state index contributed by atoms with van der Waals surface area (Å²) in [6.07, 6.45) is 13.1. The van der Waals surface area contributed by atoms with Crippen molar-refractivity contribution in [3.8, 4) is 17.2 Å². The summed E-state index contributed by atoms with van der Waals surface area (Å²) in [5.74, 6) is 1.66. The fourth-order valence-electron chi connectivity index (χ4n) is 3.96. The Labute approximate surface area is 212 Å². The summed E-state index contributed by atoms with van der Waals surface area (Å²) < 4.78 is 20.1. The highest BCUT2D eigenvalue weighted by Gasteiger charge is 2.20. The van der Waals surface area contributed by atoms with Gasteiger partial charge in [-0.1, -0.05) is 71.3 Å². The number of aromatic nitrogens is 1. The second-order valence-corrected chi connectivity index (χ2v) is 9.56. The van der Waals surface area contributed by atoms with E-state index in [1.807, 2.05) is 42.7 Å². The van der Waals surface area contributed by atoms with Gasteiger partial charge in [0, 0.05) is 18.0 Å². The third-order valence-electron chi connectivity index (χ3n) is 6.12. The third-order valence-corrected chi connectivity index (χ3v) is 6.12. The Morgan fingerprint density at radius 3 is 2.14 bits per heavy atom. The lowest BCUT2D eigenvalue weighted by Gasteiger charge is -2.19. The second kappa shape index (κ2) is 16.3. The van der Waals surface area contributed by atoms with E-state index < -0.39 is 0 Å². The first-order valence-electron chi connectivity index (χ1n) is 13.8. The number of allylic oxidation sites excluding steroid dienone is 1. The molecule has 0 aliphatic heterocycles. The van der Waals surface area contributed by atoms with Gasteiger partial charge in [0.2, 0.25) is 5.75 Å². The van der Waals surface area contributed by atoms with E-state index in [0.29, 0.717) is 37.9 Å². The van der Waals surface area contributed by atoms with Crippen molar-refractivity contribution in [3.63, 3.8) is 0 Å². The molecule has 1 heterocycles. The molecule has 0 saturated heterocycles. The molecule has 0 aliphatic carbocycles. The fourth-order valence-corrected chi connectivity index (χ4v) is 3.96. The minimum absolute atomic E-state index is 0.120. The molecule has 1 aromatic carbocycles. The van der Waals surface area contributed by atoms with E-state index in [9.17, 15) is 4.79 Å². The molecule has 1 aromatic heterocycles. The Morgan fingerprint density at radius 1 is 0.800 bits per heavy atom. The number of unbranched alkanes of at least 4 members (excludes halogenated alkanes) is 7. The SMILES string of the molecule is CCCCCCCCn1c(=O)c(OCC=C(C)C)c(OCCCC)c2ccc(OCCCC)cc21. The van der Waals surface area contributed by atoms with Crippen molar-refractivity contribution in [1.29, 1.82) is 0 Å². The normalized spacial score (nSPS) is 11.0. The van der Waals surface area contributed by atoms with Crippen LogP contribution >= 0.6 is 0 Å². The second-order valence-electron chi connectivity index (χ2n) is 9.56. The molecular weight excluding hydrogens is 438 g/mol. The van der Waals surface area contributed by atoms with Gasteiger partial charge in [-0.15, -0.1) is 0 Å². The number of pyridine rings is 1. The van der Waals surface area contributed by atoms with Crippen LogP contribution in [0.1, 0.15) is 98.8 Å². The highest BCUT2D eigenvalue weighted by molar-refractivity contribution is 5.89. The Hall–Kier alpha value is -2.43. The van der Waals surface area contributed by atoms with Gasteiger partial charge >= 0.3 is 0 Å². The van der Waals surface area contributed by atoms with Crippen LogP contribution in [0.3, 0.4) is 0 Å². The summed E-state index contributed by atoms with van der Waals surface area (Å²) in [4.78, 5) is 13.7. The molecular formula is C30H47NO4. The topological polar surface area (TPSA) is 49.7 Å². The smallest absolute Gasteiger partial charge is 0.297 e. The van der Waals surface area contributed by atoms with Crippen molar-refractivity contribution in [2.45, 2.75) is 105 Å². The number of ether oxygens (including phenoxy) is 3. The third kappa shape index (κ3) is 9.27. The zero-order valence-corrected chi connectivity index (χ0v) is 22.8. The lowest BCUT2D eigenvalue weighted by molar-refractivity contribution is 0.277. The summed E-state index contributed by atoms with van der Waals surface area (Å²) in [5, 5.41) is 0.904. The maximum Gasteiger partial charge on any atom is 0.297 e. The summed E-state index contributed by atoms with van der Waals surface area (Å²) in [7, 11) is 0. The molecule has 0 amide bonds. The average molecular weight is 486 g/mol. The zero-order chi connectivity index (χ0) is 25.5. The van der Waals surface area contributed by atoms with Gasteiger partial charge in [0.25, 0.3) is 5.56 Å². The lowest BCUT2D eigenvalue weighted by atomic mass is 10.1. The molecule has 35 heavy (non-hydrogen) atoms. The van der Waals surface area contributed by atoms with E-state index in [2.05, 4.69) is 20.8 Å². The number of aryl methyl sites for hydroxylation is 1. The van der Waals surface area contributed by atoms with E-state index in [1.165, 1.54) is 25.7 Å². The molecule has 5 nitrogen and oxygen atoms in total. The van der Waals surface area contributed by atoms with E-state index >= 15 is 0 Å². The van der Waals surface area contributed by atoms with Crippen molar-refractivity contribution in [3.05, 3.63) is 40.2 Å². The van der Waals surface area contributed by atoms with Crippen molar-refractivity contribution < 1.29 is 14.2 Å². The summed E-state index contributed by atoms with van der Waals surface area (Å²) in [5.41, 5.74) is 1.89. The van der Waals surface area contributed by atoms with Crippen LogP contribution in [0, 0.1) is 0 Å². The highest BCUT2D eigenvalue weighted by Crippen LogP contribution is 2.35. The molecule has 2 rings (SSSR count). The van der Waals surface area contributed by atoms with Crippen LogP contribution in [0.4, 0.5) is 0 Å². The molecule has 0 atom stereocenters. The zero-order valence-electron chi connectivity index (χ0n) is 22.8. The van der Waals surface area contributed by atoms with E-state index in [0.717, 1.165) is 60.8 Å². The van der Waals surface area contributed by atoms with Crippen LogP contribution in [0.15, 0.2) is 34.6 Å². The molecule has 0 saturated carbocycles. The van der Waals surface area contributed by atoms with Crippen molar-refractivity contribution in [1.82, 2.24) is 4.57 Å². The molecule has 0 aliphatic rings. The van der Waals surface area contributed by atoms with E-state index in [1.54, 1.807) is 0 Å². The van der Waals surface area contributed by atoms with Crippen molar-refractivity contribution >= 4 is 10.9 Å². The van der Waals surface area contributed by atoms with Gasteiger partial charge in [-0.2, -0.15) is 0 Å². The van der Waals surface area contributed by atoms with Crippen LogP contribution in [-0.2, 0) is 6.54 Å². The first kappa shape index (κ1) is 28.8. The quantitative estimate of drug-likeness (QED) is 0.158. The number of rotatable bonds is 18. The minimum Gasteiger partial charge on any atom is -0.494 e. The Bertz CT molecular complexity index is 972. The maximum absolute atomic E-state index is 13.7. The average Bonchev–Trinajstić information content (AvgIpc) is 2.84. The summed E-state index contributed by atoms with van der Waals surface area (Å²) in [6, 6.07) is 5.99. The van der Waals surface area contributed by atoms with Gasteiger partial charge in [0.15, 0.2) is 5.75 Å². The summed E-state index contributed by atoms with van der Waals surface area (Å²) in [6.45, 7) is 12.8. The molecule has 0 unspecified atom stereocenters. The maximum atomic E-state index is 13.7. The summed E-state index contributed by atoms with van der Waals surface area (Å²) >= 11 is 0.